The van der Waals surface area contributed by atoms with E-state index in [1.54, 1.807) is 0 Å². The van der Waals surface area contributed by atoms with Gasteiger partial charge in [-0.2, -0.15) is 0 Å². The van der Waals surface area contributed by atoms with Crippen molar-refractivity contribution >= 4 is 11.6 Å². The van der Waals surface area contributed by atoms with Gasteiger partial charge in [0, 0.05) is 17.0 Å². The molecular weight excluding hydrogens is 212 g/mol. The van der Waals surface area contributed by atoms with E-state index in [0.29, 0.717) is 23.0 Å². The molecule has 0 bridgehead atoms. The Morgan fingerprint density at radius 1 is 1.47 bits per heavy atom. The first kappa shape index (κ1) is 10.5. The van der Waals surface area contributed by atoms with Crippen LogP contribution in [0.1, 0.15) is 23.7 Å². The SMILES string of the molecule is Cc1ccc(C(O)C2=CCCO2)c(Cl)c1. The zero-order valence-electron chi connectivity index (χ0n) is 8.53. The van der Waals surface area contributed by atoms with Gasteiger partial charge < -0.3 is 9.84 Å². The first-order valence-electron chi connectivity index (χ1n) is 4.95. The van der Waals surface area contributed by atoms with E-state index in [9.17, 15) is 5.11 Å². The maximum Gasteiger partial charge on any atom is 0.137 e. The number of halogens is 1. The number of aryl methyl sites for hydroxylation is 1. The van der Waals surface area contributed by atoms with E-state index >= 15 is 0 Å². The van der Waals surface area contributed by atoms with Crippen molar-refractivity contribution in [1.29, 1.82) is 0 Å². The largest absolute Gasteiger partial charge is 0.495 e. The van der Waals surface area contributed by atoms with E-state index in [1.165, 1.54) is 0 Å². The van der Waals surface area contributed by atoms with Crippen molar-refractivity contribution < 1.29 is 9.84 Å². The summed E-state index contributed by atoms with van der Waals surface area (Å²) >= 11 is 6.06. The number of rotatable bonds is 2. The molecule has 1 unspecified atom stereocenters. The van der Waals surface area contributed by atoms with Gasteiger partial charge in [-0.15, -0.1) is 0 Å². The summed E-state index contributed by atoms with van der Waals surface area (Å²) in [6.45, 7) is 2.61. The van der Waals surface area contributed by atoms with Gasteiger partial charge in [0.25, 0.3) is 0 Å². The molecule has 0 spiro atoms. The van der Waals surface area contributed by atoms with Crippen LogP contribution < -0.4 is 0 Å². The molecule has 1 aliphatic rings. The van der Waals surface area contributed by atoms with Crippen LogP contribution in [0.5, 0.6) is 0 Å². The number of aliphatic hydroxyl groups is 1. The topological polar surface area (TPSA) is 29.5 Å². The summed E-state index contributed by atoms with van der Waals surface area (Å²) in [5, 5.41) is 10.6. The van der Waals surface area contributed by atoms with E-state index in [0.717, 1.165) is 12.0 Å². The molecule has 1 heterocycles. The lowest BCUT2D eigenvalue weighted by Gasteiger charge is -2.14. The van der Waals surface area contributed by atoms with Crippen LogP contribution in [0.3, 0.4) is 0 Å². The summed E-state index contributed by atoms with van der Waals surface area (Å²) in [6.07, 6.45) is 2.03. The lowest BCUT2D eigenvalue weighted by molar-refractivity contribution is 0.119. The Balaban J connectivity index is 2.28. The van der Waals surface area contributed by atoms with Gasteiger partial charge in [-0.3, -0.25) is 0 Å². The van der Waals surface area contributed by atoms with Crippen molar-refractivity contribution in [2.75, 3.05) is 6.61 Å². The number of benzene rings is 1. The van der Waals surface area contributed by atoms with Crippen LogP contribution in [0.25, 0.3) is 0 Å². The highest BCUT2D eigenvalue weighted by Crippen LogP contribution is 2.31. The number of aliphatic hydroxyl groups excluding tert-OH is 1. The van der Waals surface area contributed by atoms with Crippen molar-refractivity contribution in [3.8, 4) is 0 Å². The fraction of sp³-hybridized carbons (Fsp3) is 0.333. The fourth-order valence-corrected chi connectivity index (χ4v) is 1.97. The molecule has 2 nitrogen and oxygen atoms in total. The molecule has 3 heteroatoms. The number of hydrogen-bond donors (Lipinski definition) is 1. The van der Waals surface area contributed by atoms with Crippen LogP contribution in [0.2, 0.25) is 5.02 Å². The lowest BCUT2D eigenvalue weighted by Crippen LogP contribution is -2.03. The van der Waals surface area contributed by atoms with Crippen LogP contribution in [-0.4, -0.2) is 11.7 Å². The second-order valence-corrected chi connectivity index (χ2v) is 4.08. The molecule has 1 aromatic rings. The van der Waals surface area contributed by atoms with Crippen molar-refractivity contribution in [2.45, 2.75) is 19.4 Å². The van der Waals surface area contributed by atoms with Gasteiger partial charge >= 0.3 is 0 Å². The molecule has 15 heavy (non-hydrogen) atoms. The molecule has 0 saturated carbocycles. The zero-order chi connectivity index (χ0) is 10.8. The monoisotopic (exact) mass is 224 g/mol. The van der Waals surface area contributed by atoms with Gasteiger partial charge in [0.1, 0.15) is 11.9 Å². The lowest BCUT2D eigenvalue weighted by atomic mass is 10.1. The predicted octanol–water partition coefficient (Wildman–Crippen LogP) is 2.99. The van der Waals surface area contributed by atoms with E-state index in [4.69, 9.17) is 16.3 Å². The molecule has 0 aliphatic carbocycles. The summed E-state index contributed by atoms with van der Waals surface area (Å²) in [4.78, 5) is 0. The van der Waals surface area contributed by atoms with E-state index < -0.39 is 6.10 Å². The smallest absolute Gasteiger partial charge is 0.137 e. The maximum absolute atomic E-state index is 10.0. The molecular formula is C12H13ClO2. The van der Waals surface area contributed by atoms with Crippen molar-refractivity contribution in [2.24, 2.45) is 0 Å². The maximum atomic E-state index is 10.0. The van der Waals surface area contributed by atoms with Crippen LogP contribution in [-0.2, 0) is 4.74 Å². The third kappa shape index (κ3) is 2.16. The van der Waals surface area contributed by atoms with Crippen LogP contribution in [0.15, 0.2) is 30.0 Å². The van der Waals surface area contributed by atoms with Gasteiger partial charge in [-0.05, 0) is 24.6 Å². The Morgan fingerprint density at radius 3 is 2.87 bits per heavy atom. The summed E-state index contributed by atoms with van der Waals surface area (Å²) < 4.78 is 5.31. The van der Waals surface area contributed by atoms with Crippen molar-refractivity contribution in [3.63, 3.8) is 0 Å². The minimum Gasteiger partial charge on any atom is -0.495 e. The molecule has 0 saturated heterocycles. The average Bonchev–Trinajstić information content (AvgIpc) is 2.69. The number of hydrogen-bond acceptors (Lipinski definition) is 2. The average molecular weight is 225 g/mol. The molecule has 1 aromatic carbocycles. The second-order valence-electron chi connectivity index (χ2n) is 3.67. The first-order valence-corrected chi connectivity index (χ1v) is 5.33. The summed E-state index contributed by atoms with van der Waals surface area (Å²) in [5.41, 5.74) is 1.78. The van der Waals surface area contributed by atoms with Crippen molar-refractivity contribution in [1.82, 2.24) is 0 Å². The Bertz CT molecular complexity index is 399. The molecule has 1 atom stereocenters. The van der Waals surface area contributed by atoms with E-state index in [2.05, 4.69) is 0 Å². The first-order chi connectivity index (χ1) is 7.18. The predicted molar refractivity (Wildman–Crippen MR) is 59.8 cm³/mol. The molecule has 0 amide bonds. The molecule has 2 rings (SSSR count). The Morgan fingerprint density at radius 2 is 2.27 bits per heavy atom. The molecule has 1 N–H and O–H groups in total. The summed E-state index contributed by atoms with van der Waals surface area (Å²) in [7, 11) is 0. The normalized spacial score (nSPS) is 17.1. The molecule has 1 aliphatic heterocycles. The van der Waals surface area contributed by atoms with E-state index in [1.807, 2.05) is 31.2 Å². The molecule has 0 aromatic heterocycles. The Labute approximate surface area is 94.1 Å². The van der Waals surface area contributed by atoms with Crippen LogP contribution >= 0.6 is 11.6 Å². The molecule has 80 valence electrons. The van der Waals surface area contributed by atoms with Gasteiger partial charge in [-0.1, -0.05) is 23.7 Å². The third-order valence-electron chi connectivity index (χ3n) is 2.45. The minimum atomic E-state index is -0.736. The van der Waals surface area contributed by atoms with Crippen LogP contribution in [0.4, 0.5) is 0 Å². The third-order valence-corrected chi connectivity index (χ3v) is 2.78. The quantitative estimate of drug-likeness (QED) is 0.837. The standard InChI is InChI=1S/C12H13ClO2/c1-8-4-5-9(10(13)7-8)12(14)11-3-2-6-15-11/h3-5,7,12,14H,2,6H2,1H3. The highest BCUT2D eigenvalue weighted by atomic mass is 35.5. The highest BCUT2D eigenvalue weighted by Gasteiger charge is 2.20. The Kier molecular flexibility index (Phi) is 2.98. The van der Waals surface area contributed by atoms with Crippen molar-refractivity contribution in [3.05, 3.63) is 46.2 Å². The highest BCUT2D eigenvalue weighted by molar-refractivity contribution is 6.31. The van der Waals surface area contributed by atoms with Gasteiger partial charge in [0.05, 0.1) is 6.61 Å². The summed E-state index contributed by atoms with van der Waals surface area (Å²) in [5.74, 6) is 0.612. The molecule has 0 fully saturated rings. The molecule has 0 radical (unpaired) electrons. The van der Waals surface area contributed by atoms with Gasteiger partial charge in [0.15, 0.2) is 0 Å². The Hall–Kier alpha value is -0.990. The fourth-order valence-electron chi connectivity index (χ4n) is 1.63. The number of ether oxygens (including phenoxy) is 1. The van der Waals surface area contributed by atoms with Gasteiger partial charge in [0.2, 0.25) is 0 Å². The van der Waals surface area contributed by atoms with Crippen LogP contribution in [0, 0.1) is 6.92 Å². The second kappa shape index (κ2) is 4.25. The van der Waals surface area contributed by atoms with Gasteiger partial charge in [-0.25, -0.2) is 0 Å². The minimum absolute atomic E-state index is 0.582. The zero-order valence-corrected chi connectivity index (χ0v) is 9.29. The summed E-state index contributed by atoms with van der Waals surface area (Å²) in [6, 6.07) is 5.61. The van der Waals surface area contributed by atoms with E-state index in [-0.39, 0.29) is 0 Å².